The van der Waals surface area contributed by atoms with Gasteiger partial charge in [-0.3, -0.25) is 4.79 Å². The SMILES string of the molecule is NC(=O)c1ncn(CCO)n1. The number of primary amides is 1. The average Bonchev–Trinajstić information content (AvgIpc) is 2.37. The van der Waals surface area contributed by atoms with Crippen molar-refractivity contribution in [1.29, 1.82) is 0 Å². The summed E-state index contributed by atoms with van der Waals surface area (Å²) in [7, 11) is 0. The van der Waals surface area contributed by atoms with Crippen molar-refractivity contribution in [1.82, 2.24) is 14.8 Å². The van der Waals surface area contributed by atoms with Gasteiger partial charge < -0.3 is 10.8 Å². The molecule has 0 spiro atoms. The summed E-state index contributed by atoms with van der Waals surface area (Å²) in [4.78, 5) is 14.0. The minimum atomic E-state index is -0.665. The molecule has 1 aromatic heterocycles. The summed E-state index contributed by atoms with van der Waals surface area (Å²) in [5, 5.41) is 12.1. The van der Waals surface area contributed by atoms with E-state index in [0.29, 0.717) is 6.54 Å². The summed E-state index contributed by atoms with van der Waals surface area (Å²) in [6.07, 6.45) is 1.34. The van der Waals surface area contributed by atoms with Crippen LogP contribution in [0.3, 0.4) is 0 Å². The molecule has 1 heterocycles. The quantitative estimate of drug-likeness (QED) is 0.549. The van der Waals surface area contributed by atoms with Crippen LogP contribution in [0.15, 0.2) is 6.33 Å². The molecule has 0 radical (unpaired) electrons. The second-order valence-corrected chi connectivity index (χ2v) is 1.92. The Kier molecular flexibility index (Phi) is 2.17. The van der Waals surface area contributed by atoms with Crippen molar-refractivity contribution in [2.24, 2.45) is 5.73 Å². The van der Waals surface area contributed by atoms with E-state index in [4.69, 9.17) is 10.8 Å². The number of carbonyl (C=O) groups excluding carboxylic acids is 1. The molecule has 0 aliphatic heterocycles. The van der Waals surface area contributed by atoms with Crippen molar-refractivity contribution in [3.63, 3.8) is 0 Å². The first-order chi connectivity index (χ1) is 5.24. The molecule has 6 heteroatoms. The molecule has 0 saturated heterocycles. The van der Waals surface area contributed by atoms with Crippen LogP contribution in [0.4, 0.5) is 0 Å². The number of carbonyl (C=O) groups is 1. The van der Waals surface area contributed by atoms with Crippen molar-refractivity contribution >= 4 is 5.91 Å². The van der Waals surface area contributed by atoms with Crippen molar-refractivity contribution in [3.8, 4) is 0 Å². The first-order valence-corrected chi connectivity index (χ1v) is 3.04. The van der Waals surface area contributed by atoms with Crippen LogP contribution >= 0.6 is 0 Å². The Balaban J connectivity index is 2.73. The Morgan fingerprint density at radius 1 is 1.82 bits per heavy atom. The Bertz CT molecular complexity index is 257. The highest BCUT2D eigenvalue weighted by molar-refractivity contribution is 5.88. The Labute approximate surface area is 62.6 Å². The molecule has 0 fully saturated rings. The third-order valence-electron chi connectivity index (χ3n) is 1.09. The molecule has 11 heavy (non-hydrogen) atoms. The highest BCUT2D eigenvalue weighted by Gasteiger charge is 2.04. The van der Waals surface area contributed by atoms with E-state index >= 15 is 0 Å². The zero-order chi connectivity index (χ0) is 8.27. The summed E-state index contributed by atoms with van der Waals surface area (Å²) in [6, 6.07) is 0. The lowest BCUT2D eigenvalue weighted by molar-refractivity contribution is 0.0990. The molecule has 0 unspecified atom stereocenters. The molecule has 3 N–H and O–H groups in total. The van der Waals surface area contributed by atoms with Crippen LogP contribution in [-0.4, -0.2) is 32.4 Å². The fraction of sp³-hybridized carbons (Fsp3) is 0.400. The number of hydrogen-bond donors (Lipinski definition) is 2. The standard InChI is InChI=1S/C5H8N4O2/c6-4(11)5-7-3-9(8-5)1-2-10/h3,10H,1-2H2,(H2,6,11). The van der Waals surface area contributed by atoms with Gasteiger partial charge in [-0.25, -0.2) is 9.67 Å². The van der Waals surface area contributed by atoms with Gasteiger partial charge in [-0.15, -0.1) is 5.10 Å². The highest BCUT2D eigenvalue weighted by atomic mass is 16.3. The zero-order valence-corrected chi connectivity index (χ0v) is 5.77. The molecule has 0 atom stereocenters. The number of aliphatic hydroxyl groups excluding tert-OH is 1. The Morgan fingerprint density at radius 2 is 2.55 bits per heavy atom. The van der Waals surface area contributed by atoms with Crippen molar-refractivity contribution < 1.29 is 9.90 Å². The fourth-order valence-electron chi connectivity index (χ4n) is 0.618. The van der Waals surface area contributed by atoms with Crippen LogP contribution in [0.2, 0.25) is 0 Å². The summed E-state index contributed by atoms with van der Waals surface area (Å²) in [5.74, 6) is -0.694. The van der Waals surface area contributed by atoms with Gasteiger partial charge in [-0.05, 0) is 0 Å². The van der Waals surface area contributed by atoms with Crippen LogP contribution in [-0.2, 0) is 6.54 Å². The molecular formula is C5H8N4O2. The van der Waals surface area contributed by atoms with E-state index in [-0.39, 0.29) is 12.4 Å². The van der Waals surface area contributed by atoms with E-state index in [1.807, 2.05) is 0 Å². The van der Waals surface area contributed by atoms with E-state index in [1.165, 1.54) is 11.0 Å². The van der Waals surface area contributed by atoms with Gasteiger partial charge in [-0.2, -0.15) is 0 Å². The maximum absolute atomic E-state index is 10.4. The Morgan fingerprint density at radius 3 is 3.00 bits per heavy atom. The first kappa shape index (κ1) is 7.67. The summed E-state index contributed by atoms with van der Waals surface area (Å²) < 4.78 is 1.35. The first-order valence-electron chi connectivity index (χ1n) is 3.04. The lowest BCUT2D eigenvalue weighted by atomic mass is 10.6. The van der Waals surface area contributed by atoms with E-state index in [2.05, 4.69) is 10.1 Å². The third-order valence-corrected chi connectivity index (χ3v) is 1.09. The lowest BCUT2D eigenvalue weighted by Crippen LogP contribution is -2.14. The monoisotopic (exact) mass is 156 g/mol. The van der Waals surface area contributed by atoms with Crippen molar-refractivity contribution in [2.75, 3.05) is 6.61 Å². The number of hydrogen-bond acceptors (Lipinski definition) is 4. The molecule has 1 aromatic rings. The molecule has 0 aliphatic carbocycles. The van der Waals surface area contributed by atoms with E-state index in [1.54, 1.807) is 0 Å². The predicted octanol–water partition coefficient (Wildman–Crippen LogP) is -1.63. The molecule has 0 saturated carbocycles. The van der Waals surface area contributed by atoms with Crippen LogP contribution < -0.4 is 5.73 Å². The smallest absolute Gasteiger partial charge is 0.288 e. The van der Waals surface area contributed by atoms with Gasteiger partial charge in [0.25, 0.3) is 5.91 Å². The van der Waals surface area contributed by atoms with Crippen LogP contribution in [0, 0.1) is 0 Å². The molecule has 0 bridgehead atoms. The summed E-state index contributed by atoms with van der Waals surface area (Å²) in [6.45, 7) is 0.280. The zero-order valence-electron chi connectivity index (χ0n) is 5.77. The third kappa shape index (κ3) is 1.74. The number of nitrogens with two attached hydrogens (primary N) is 1. The van der Waals surface area contributed by atoms with E-state index in [9.17, 15) is 4.79 Å². The van der Waals surface area contributed by atoms with Gasteiger partial charge in [0.05, 0.1) is 13.2 Å². The van der Waals surface area contributed by atoms with Crippen LogP contribution in [0.1, 0.15) is 10.6 Å². The van der Waals surface area contributed by atoms with Crippen molar-refractivity contribution in [3.05, 3.63) is 12.2 Å². The molecule has 0 aliphatic rings. The maximum atomic E-state index is 10.4. The number of nitrogens with zero attached hydrogens (tertiary/aromatic N) is 3. The maximum Gasteiger partial charge on any atom is 0.288 e. The molecular weight excluding hydrogens is 148 g/mol. The molecule has 0 aromatic carbocycles. The topological polar surface area (TPSA) is 94.0 Å². The Hall–Kier alpha value is -1.43. The fourth-order valence-corrected chi connectivity index (χ4v) is 0.618. The molecule has 60 valence electrons. The second-order valence-electron chi connectivity index (χ2n) is 1.92. The van der Waals surface area contributed by atoms with Gasteiger partial charge in [-0.1, -0.05) is 0 Å². The van der Waals surface area contributed by atoms with Gasteiger partial charge in [0, 0.05) is 0 Å². The highest BCUT2D eigenvalue weighted by Crippen LogP contribution is 1.86. The number of aliphatic hydroxyl groups is 1. The normalized spacial score (nSPS) is 9.91. The van der Waals surface area contributed by atoms with Gasteiger partial charge in [0.1, 0.15) is 6.33 Å². The largest absolute Gasteiger partial charge is 0.394 e. The van der Waals surface area contributed by atoms with Crippen LogP contribution in [0.5, 0.6) is 0 Å². The number of rotatable bonds is 3. The minimum Gasteiger partial charge on any atom is -0.394 e. The second kappa shape index (κ2) is 3.11. The van der Waals surface area contributed by atoms with Crippen LogP contribution in [0.25, 0.3) is 0 Å². The predicted molar refractivity (Wildman–Crippen MR) is 35.6 cm³/mol. The van der Waals surface area contributed by atoms with Gasteiger partial charge in [0.2, 0.25) is 5.82 Å². The van der Waals surface area contributed by atoms with E-state index < -0.39 is 5.91 Å². The van der Waals surface area contributed by atoms with Gasteiger partial charge in [0.15, 0.2) is 0 Å². The molecule has 6 nitrogen and oxygen atoms in total. The summed E-state index contributed by atoms with van der Waals surface area (Å²) in [5.41, 5.74) is 4.88. The summed E-state index contributed by atoms with van der Waals surface area (Å²) >= 11 is 0. The lowest BCUT2D eigenvalue weighted by Gasteiger charge is -1.91. The minimum absolute atomic E-state index is 0.0292. The molecule has 1 rings (SSSR count). The van der Waals surface area contributed by atoms with Crippen molar-refractivity contribution in [2.45, 2.75) is 6.54 Å². The molecule has 1 amide bonds. The van der Waals surface area contributed by atoms with Gasteiger partial charge >= 0.3 is 0 Å². The average molecular weight is 156 g/mol. The number of amides is 1. The van der Waals surface area contributed by atoms with E-state index in [0.717, 1.165) is 0 Å². The number of aromatic nitrogens is 3.